The second-order valence-electron chi connectivity index (χ2n) is 7.44. The first-order valence-corrected chi connectivity index (χ1v) is 10.7. The van der Waals surface area contributed by atoms with Gasteiger partial charge in [-0.15, -0.1) is 0 Å². The van der Waals surface area contributed by atoms with E-state index in [2.05, 4.69) is 25.9 Å². The Labute approximate surface area is 197 Å². The van der Waals surface area contributed by atoms with Crippen LogP contribution in [0.15, 0.2) is 24.5 Å². The monoisotopic (exact) mass is 482 g/mol. The number of aromatic nitrogens is 2. The molecule has 2 rings (SSSR count). The predicted molar refractivity (Wildman–Crippen MR) is 125 cm³/mol. The molecule has 0 aliphatic carbocycles. The van der Waals surface area contributed by atoms with Crippen LogP contribution in [0.25, 0.3) is 0 Å². The molecule has 0 aliphatic heterocycles. The molecular formula is C22H29ClF2N6O2. The maximum Gasteiger partial charge on any atom is 0.255 e. The van der Waals surface area contributed by atoms with Crippen LogP contribution >= 0.6 is 11.6 Å². The first-order valence-electron chi connectivity index (χ1n) is 10.3. The highest BCUT2D eigenvalue weighted by Gasteiger charge is 2.27. The van der Waals surface area contributed by atoms with E-state index in [-0.39, 0.29) is 33.5 Å². The van der Waals surface area contributed by atoms with Crippen molar-refractivity contribution in [1.82, 2.24) is 15.3 Å². The molecule has 2 atom stereocenters. The molecule has 2 aromatic heterocycles. The Morgan fingerprint density at radius 1 is 1.30 bits per heavy atom. The molecule has 0 spiro atoms. The van der Waals surface area contributed by atoms with Gasteiger partial charge in [0, 0.05) is 18.5 Å². The molecule has 180 valence electrons. The molecule has 1 amide bonds. The Balaban J connectivity index is 0.00000265. The normalized spacial score (nSPS) is 12.5. The largest absolute Gasteiger partial charge is 0.387 e. The van der Waals surface area contributed by atoms with E-state index >= 15 is 0 Å². The number of amides is 1. The number of anilines is 3. The highest BCUT2D eigenvalue weighted by atomic mass is 35.5. The third-order valence-electron chi connectivity index (χ3n) is 4.21. The third-order valence-corrected chi connectivity index (χ3v) is 4.50. The Bertz CT molecular complexity index is 978. The minimum Gasteiger partial charge on any atom is -0.387 e. The molecule has 0 fully saturated rings. The van der Waals surface area contributed by atoms with Crippen molar-refractivity contribution in [3.63, 3.8) is 0 Å². The minimum absolute atomic E-state index is 0.0627. The number of carbonyl (C=O) groups excluding carboxylic acids is 1. The molecule has 4 N–H and O–H groups in total. The van der Waals surface area contributed by atoms with Gasteiger partial charge in [-0.25, -0.2) is 18.7 Å². The second-order valence-corrected chi connectivity index (χ2v) is 7.84. The molecule has 0 bridgehead atoms. The van der Waals surface area contributed by atoms with Crippen LogP contribution in [0.5, 0.6) is 0 Å². The van der Waals surface area contributed by atoms with E-state index in [1.54, 1.807) is 6.92 Å². The van der Waals surface area contributed by atoms with Gasteiger partial charge in [-0.05, 0) is 26.8 Å². The average Bonchev–Trinajstić information content (AvgIpc) is 2.79. The average molecular weight is 483 g/mol. The fourth-order valence-corrected chi connectivity index (χ4v) is 2.58. The molecule has 0 unspecified atom stereocenters. The number of hydrogen-bond donors (Lipinski definition) is 4. The highest BCUT2D eigenvalue weighted by Crippen LogP contribution is 2.26. The van der Waals surface area contributed by atoms with Crippen LogP contribution in [0.1, 0.15) is 50.5 Å². The smallest absolute Gasteiger partial charge is 0.255 e. The van der Waals surface area contributed by atoms with Crippen LogP contribution in [-0.4, -0.2) is 52.0 Å². The molecule has 2 heterocycles. The molecule has 0 aromatic carbocycles. The quantitative estimate of drug-likeness (QED) is 0.418. The van der Waals surface area contributed by atoms with Crippen LogP contribution in [0, 0.1) is 11.3 Å². The molecule has 2 aromatic rings. The molecular weight excluding hydrogens is 454 g/mol. The van der Waals surface area contributed by atoms with Crippen LogP contribution in [0.3, 0.4) is 0 Å². The summed E-state index contributed by atoms with van der Waals surface area (Å²) in [6.07, 6.45) is 0.882. The standard InChI is InChI=1S/C20H23ClF2N6O2.C2H6/c1-11(6-22)28-15-5-17(29-18-14(21)4-12(7-24)8-26-18)25-9-13(15)19(30)27-10-16(23)20(2,3)31;1-2/h4-5,8-9,11,16,31H,6,10H2,1-3H3,(H,27,30)(H2,25,26,28,29);1-2H3/t11-,16+;/m0./s1. The number of hydrogen-bond acceptors (Lipinski definition) is 7. The van der Waals surface area contributed by atoms with Gasteiger partial charge in [0.1, 0.15) is 30.6 Å². The zero-order valence-corrected chi connectivity index (χ0v) is 20.0. The topological polar surface area (TPSA) is 123 Å². The van der Waals surface area contributed by atoms with Gasteiger partial charge in [-0.2, -0.15) is 5.26 Å². The van der Waals surface area contributed by atoms with E-state index in [0.717, 1.165) is 0 Å². The van der Waals surface area contributed by atoms with Gasteiger partial charge in [0.05, 0.1) is 40.0 Å². The van der Waals surface area contributed by atoms with E-state index in [1.807, 2.05) is 19.9 Å². The lowest BCUT2D eigenvalue weighted by atomic mass is 10.0. The van der Waals surface area contributed by atoms with Gasteiger partial charge in [0.15, 0.2) is 0 Å². The summed E-state index contributed by atoms with van der Waals surface area (Å²) in [7, 11) is 0. The van der Waals surface area contributed by atoms with Gasteiger partial charge < -0.3 is 21.1 Å². The molecule has 0 radical (unpaired) electrons. The molecule has 8 nitrogen and oxygen atoms in total. The summed E-state index contributed by atoms with van der Waals surface area (Å²) in [4.78, 5) is 20.7. The van der Waals surface area contributed by atoms with E-state index in [1.165, 1.54) is 38.4 Å². The van der Waals surface area contributed by atoms with Crippen LogP contribution < -0.4 is 16.0 Å². The maximum absolute atomic E-state index is 14.0. The lowest BCUT2D eigenvalue weighted by Gasteiger charge is -2.23. The minimum atomic E-state index is -1.68. The SMILES string of the molecule is CC.C[C@@H](CF)Nc1cc(Nc2ncc(C#N)cc2Cl)ncc1C(=O)NC[C@@H](F)C(C)(C)O. The zero-order valence-electron chi connectivity index (χ0n) is 19.2. The van der Waals surface area contributed by atoms with Crippen molar-refractivity contribution < 1.29 is 18.7 Å². The number of rotatable bonds is 9. The van der Waals surface area contributed by atoms with Gasteiger partial charge in [0.2, 0.25) is 0 Å². The summed E-state index contributed by atoms with van der Waals surface area (Å²) in [5.74, 6) is -0.154. The Morgan fingerprint density at radius 2 is 1.97 bits per heavy atom. The van der Waals surface area contributed by atoms with Crippen molar-refractivity contribution in [2.24, 2.45) is 0 Å². The van der Waals surface area contributed by atoms with Crippen molar-refractivity contribution in [1.29, 1.82) is 5.26 Å². The number of aliphatic hydroxyl groups is 1. The van der Waals surface area contributed by atoms with Crippen molar-refractivity contribution in [3.8, 4) is 6.07 Å². The molecule has 11 heteroatoms. The number of alkyl halides is 2. The highest BCUT2D eigenvalue weighted by molar-refractivity contribution is 6.33. The lowest BCUT2D eigenvalue weighted by molar-refractivity contribution is -0.00177. The van der Waals surface area contributed by atoms with Crippen LogP contribution in [0.2, 0.25) is 5.02 Å². The molecule has 0 aliphatic rings. The molecule has 0 saturated carbocycles. The van der Waals surface area contributed by atoms with Gasteiger partial charge in [-0.1, -0.05) is 25.4 Å². The lowest BCUT2D eigenvalue weighted by Crippen LogP contribution is -2.42. The van der Waals surface area contributed by atoms with Gasteiger partial charge >= 0.3 is 0 Å². The van der Waals surface area contributed by atoms with E-state index in [9.17, 15) is 18.7 Å². The van der Waals surface area contributed by atoms with E-state index < -0.39 is 36.9 Å². The summed E-state index contributed by atoms with van der Waals surface area (Å²) in [5.41, 5.74) is -1.01. The van der Waals surface area contributed by atoms with Crippen molar-refractivity contribution in [2.75, 3.05) is 23.9 Å². The maximum atomic E-state index is 14.0. The summed E-state index contributed by atoms with van der Waals surface area (Å²) < 4.78 is 27.0. The fraction of sp³-hybridized carbons (Fsp3) is 0.455. The molecule has 33 heavy (non-hydrogen) atoms. The summed E-state index contributed by atoms with van der Waals surface area (Å²) in [6, 6.07) is 4.20. The summed E-state index contributed by atoms with van der Waals surface area (Å²) in [5, 5.41) is 26.9. The van der Waals surface area contributed by atoms with Crippen LogP contribution in [0.4, 0.5) is 26.1 Å². The second kappa shape index (κ2) is 12.9. The van der Waals surface area contributed by atoms with Gasteiger partial charge in [-0.3, -0.25) is 4.79 Å². The predicted octanol–water partition coefficient (Wildman–Crippen LogP) is 4.38. The first kappa shape index (κ1) is 28.0. The Hall–Kier alpha value is -3.03. The number of nitrogens with zero attached hydrogens (tertiary/aromatic N) is 3. The van der Waals surface area contributed by atoms with E-state index in [0.29, 0.717) is 0 Å². The van der Waals surface area contributed by atoms with E-state index in [4.69, 9.17) is 16.9 Å². The van der Waals surface area contributed by atoms with Gasteiger partial charge in [0.25, 0.3) is 5.91 Å². The Kier molecular flexibility index (Phi) is 10.9. The van der Waals surface area contributed by atoms with Crippen molar-refractivity contribution in [2.45, 2.75) is 52.4 Å². The number of nitriles is 1. The van der Waals surface area contributed by atoms with Crippen LogP contribution in [-0.2, 0) is 0 Å². The number of carbonyl (C=O) groups is 1. The number of halogens is 3. The first-order chi connectivity index (χ1) is 15.5. The number of nitrogens with one attached hydrogen (secondary N) is 3. The Morgan fingerprint density at radius 3 is 2.52 bits per heavy atom. The van der Waals surface area contributed by atoms with Crippen molar-refractivity contribution in [3.05, 3.63) is 40.7 Å². The summed E-state index contributed by atoms with van der Waals surface area (Å²) >= 11 is 6.10. The van der Waals surface area contributed by atoms with Crippen molar-refractivity contribution >= 4 is 34.8 Å². The third kappa shape index (κ3) is 8.44. The summed E-state index contributed by atoms with van der Waals surface area (Å²) in [6.45, 7) is 7.07. The fourth-order valence-electron chi connectivity index (χ4n) is 2.37. The number of pyridine rings is 2. The molecule has 0 saturated heterocycles. The zero-order chi connectivity index (χ0) is 25.2.